The van der Waals surface area contributed by atoms with E-state index >= 15 is 0 Å². The molecule has 7 nitrogen and oxygen atoms in total. The van der Waals surface area contributed by atoms with Gasteiger partial charge in [-0.25, -0.2) is 4.98 Å². The van der Waals surface area contributed by atoms with Crippen LogP contribution in [0.15, 0.2) is 18.2 Å². The van der Waals surface area contributed by atoms with E-state index in [1.807, 2.05) is 19.9 Å². The van der Waals surface area contributed by atoms with E-state index in [9.17, 15) is 9.59 Å². The van der Waals surface area contributed by atoms with E-state index in [1.54, 1.807) is 19.1 Å². The van der Waals surface area contributed by atoms with Gasteiger partial charge in [0.15, 0.2) is 5.13 Å². The van der Waals surface area contributed by atoms with Crippen LogP contribution in [-0.2, 0) is 4.74 Å². The van der Waals surface area contributed by atoms with Gasteiger partial charge in [-0.15, -0.1) is 0 Å². The molecule has 26 heavy (non-hydrogen) atoms. The van der Waals surface area contributed by atoms with E-state index in [0.717, 1.165) is 29.3 Å². The van der Waals surface area contributed by atoms with Gasteiger partial charge in [-0.1, -0.05) is 28.5 Å². The largest absolute Gasteiger partial charge is 0.378 e. The Balaban J connectivity index is 1.64. The summed E-state index contributed by atoms with van der Waals surface area (Å²) in [5, 5.41) is 0.802. The van der Waals surface area contributed by atoms with Crippen molar-refractivity contribution in [2.75, 3.05) is 31.2 Å². The summed E-state index contributed by atoms with van der Waals surface area (Å²) in [4.78, 5) is 31.8. The maximum atomic E-state index is 12.4. The summed E-state index contributed by atoms with van der Waals surface area (Å²) in [6.07, 6.45) is 0. The molecule has 0 spiro atoms. The molecule has 138 valence electrons. The van der Waals surface area contributed by atoms with Crippen LogP contribution in [0.5, 0.6) is 0 Å². The van der Waals surface area contributed by atoms with Gasteiger partial charge in [0, 0.05) is 18.7 Å². The second-order valence-corrected chi connectivity index (χ2v) is 7.27. The third kappa shape index (κ3) is 4.20. The number of aromatic nitrogens is 1. The highest BCUT2D eigenvalue weighted by Crippen LogP contribution is 2.26. The Labute approximate surface area is 156 Å². The Morgan fingerprint density at radius 3 is 2.31 bits per heavy atom. The maximum absolute atomic E-state index is 12.4. The molecule has 1 aromatic heterocycles. The summed E-state index contributed by atoms with van der Waals surface area (Å²) < 4.78 is 5.34. The lowest BCUT2D eigenvalue weighted by molar-refractivity contribution is 0.0848. The number of morpholine rings is 1. The van der Waals surface area contributed by atoms with E-state index in [4.69, 9.17) is 4.74 Å². The topological polar surface area (TPSA) is 83.6 Å². The number of hydrogen-bond donors (Lipinski definition) is 2. The van der Waals surface area contributed by atoms with Crippen molar-refractivity contribution in [1.29, 1.82) is 0 Å². The van der Waals surface area contributed by atoms with E-state index in [0.29, 0.717) is 29.3 Å². The highest BCUT2D eigenvalue weighted by Gasteiger charge is 2.21. The number of aryl methyl sites for hydroxylation is 3. The number of hydrogen-bond acceptors (Lipinski definition) is 6. The van der Waals surface area contributed by atoms with Gasteiger partial charge in [-0.2, -0.15) is 0 Å². The van der Waals surface area contributed by atoms with Crippen molar-refractivity contribution in [2.24, 2.45) is 0 Å². The summed E-state index contributed by atoms with van der Waals surface area (Å²) in [5.74, 6) is -0.710. The van der Waals surface area contributed by atoms with Gasteiger partial charge in [-0.3, -0.25) is 20.4 Å². The number of nitrogens with one attached hydrogen (secondary N) is 2. The standard InChI is InChI=1S/C18H22N4O3S/c1-11-8-12(2)10-14(9-11)16(23)20-21-17(24)15-13(3)19-18(26-15)22-4-6-25-7-5-22/h8-10H,4-7H2,1-3H3,(H,20,23)(H,21,24). The minimum Gasteiger partial charge on any atom is -0.378 e. The number of carbonyl (C=O) groups excluding carboxylic acids is 2. The Hall–Kier alpha value is -2.45. The molecule has 1 saturated heterocycles. The van der Waals surface area contributed by atoms with Crippen LogP contribution in [0.25, 0.3) is 0 Å². The molecule has 3 rings (SSSR count). The number of amides is 2. The first kappa shape index (κ1) is 18.3. The van der Waals surface area contributed by atoms with Crippen molar-refractivity contribution >= 4 is 28.3 Å². The molecule has 2 amide bonds. The number of benzene rings is 1. The van der Waals surface area contributed by atoms with Crippen LogP contribution in [0, 0.1) is 20.8 Å². The van der Waals surface area contributed by atoms with Gasteiger partial charge < -0.3 is 9.64 Å². The van der Waals surface area contributed by atoms with Crippen molar-refractivity contribution in [3.8, 4) is 0 Å². The number of hydrazine groups is 1. The lowest BCUT2D eigenvalue weighted by Crippen LogP contribution is -2.41. The molecule has 1 aliphatic heterocycles. The Kier molecular flexibility index (Phi) is 5.53. The molecule has 0 atom stereocenters. The molecule has 0 saturated carbocycles. The lowest BCUT2D eigenvalue weighted by Gasteiger charge is -2.25. The minimum absolute atomic E-state index is 0.347. The molecular formula is C18H22N4O3S. The Morgan fingerprint density at radius 1 is 1.04 bits per heavy atom. The van der Waals surface area contributed by atoms with Crippen LogP contribution in [0.2, 0.25) is 0 Å². The molecule has 0 radical (unpaired) electrons. The van der Waals surface area contributed by atoms with Gasteiger partial charge in [0.05, 0.1) is 18.9 Å². The molecule has 1 fully saturated rings. The third-order valence-electron chi connectivity index (χ3n) is 4.05. The average molecular weight is 374 g/mol. The highest BCUT2D eigenvalue weighted by molar-refractivity contribution is 7.17. The van der Waals surface area contributed by atoms with Crippen molar-refractivity contribution in [1.82, 2.24) is 15.8 Å². The molecule has 0 bridgehead atoms. The van der Waals surface area contributed by atoms with E-state index in [-0.39, 0.29) is 11.8 Å². The Morgan fingerprint density at radius 2 is 1.65 bits per heavy atom. The average Bonchev–Trinajstić information content (AvgIpc) is 3.01. The number of nitrogens with zero attached hydrogens (tertiary/aromatic N) is 2. The predicted octanol–water partition coefficient (Wildman–Crippen LogP) is 1.98. The normalized spacial score (nSPS) is 14.2. The smallest absolute Gasteiger partial charge is 0.281 e. The summed E-state index contributed by atoms with van der Waals surface area (Å²) in [6.45, 7) is 8.49. The zero-order chi connectivity index (χ0) is 18.7. The highest BCUT2D eigenvalue weighted by atomic mass is 32.1. The van der Waals surface area contributed by atoms with Crippen LogP contribution in [0.4, 0.5) is 5.13 Å². The van der Waals surface area contributed by atoms with Crippen LogP contribution < -0.4 is 15.8 Å². The van der Waals surface area contributed by atoms with Crippen molar-refractivity contribution in [3.05, 3.63) is 45.5 Å². The van der Waals surface area contributed by atoms with Crippen molar-refractivity contribution in [2.45, 2.75) is 20.8 Å². The van der Waals surface area contributed by atoms with Crippen molar-refractivity contribution < 1.29 is 14.3 Å². The number of thiazole rings is 1. The number of anilines is 1. The number of rotatable bonds is 3. The van der Waals surface area contributed by atoms with Crippen LogP contribution in [0.3, 0.4) is 0 Å². The first-order valence-electron chi connectivity index (χ1n) is 8.43. The van der Waals surface area contributed by atoms with Crippen molar-refractivity contribution in [3.63, 3.8) is 0 Å². The quantitative estimate of drug-likeness (QED) is 0.803. The van der Waals surface area contributed by atoms with E-state index in [2.05, 4.69) is 20.7 Å². The fourth-order valence-corrected chi connectivity index (χ4v) is 3.84. The van der Waals surface area contributed by atoms with Gasteiger partial charge >= 0.3 is 0 Å². The fraction of sp³-hybridized carbons (Fsp3) is 0.389. The van der Waals surface area contributed by atoms with Gasteiger partial charge in [0.25, 0.3) is 11.8 Å². The second-order valence-electron chi connectivity index (χ2n) is 6.30. The second kappa shape index (κ2) is 7.84. The first-order valence-corrected chi connectivity index (χ1v) is 9.25. The monoisotopic (exact) mass is 374 g/mol. The molecular weight excluding hydrogens is 352 g/mol. The first-order chi connectivity index (χ1) is 12.4. The molecule has 0 aliphatic carbocycles. The fourth-order valence-electron chi connectivity index (χ4n) is 2.83. The molecule has 2 N–H and O–H groups in total. The van der Waals surface area contributed by atoms with Gasteiger partial charge in [0.2, 0.25) is 0 Å². The maximum Gasteiger partial charge on any atom is 0.281 e. The van der Waals surface area contributed by atoms with Gasteiger partial charge in [0.1, 0.15) is 4.88 Å². The third-order valence-corrected chi connectivity index (χ3v) is 5.26. The molecule has 1 aliphatic rings. The lowest BCUT2D eigenvalue weighted by atomic mass is 10.1. The minimum atomic E-state index is -0.364. The molecule has 0 unspecified atom stereocenters. The Bertz CT molecular complexity index is 808. The summed E-state index contributed by atoms with van der Waals surface area (Å²) in [7, 11) is 0. The zero-order valence-electron chi connectivity index (χ0n) is 15.1. The SMILES string of the molecule is Cc1cc(C)cc(C(=O)NNC(=O)c2sc(N3CCOCC3)nc2C)c1. The molecule has 1 aromatic carbocycles. The summed E-state index contributed by atoms with van der Waals surface area (Å²) in [6, 6.07) is 5.55. The summed E-state index contributed by atoms with van der Waals surface area (Å²) in [5.41, 5.74) is 8.11. The summed E-state index contributed by atoms with van der Waals surface area (Å²) >= 11 is 1.32. The van der Waals surface area contributed by atoms with Crippen LogP contribution >= 0.6 is 11.3 Å². The number of ether oxygens (including phenoxy) is 1. The van der Waals surface area contributed by atoms with Gasteiger partial charge in [-0.05, 0) is 32.9 Å². The molecule has 8 heteroatoms. The predicted molar refractivity (Wildman–Crippen MR) is 101 cm³/mol. The van der Waals surface area contributed by atoms with E-state index in [1.165, 1.54) is 11.3 Å². The molecule has 2 aromatic rings. The van der Waals surface area contributed by atoms with Crippen LogP contribution in [-0.4, -0.2) is 43.1 Å². The van der Waals surface area contributed by atoms with Crippen LogP contribution in [0.1, 0.15) is 36.9 Å². The molecule has 2 heterocycles. The zero-order valence-corrected chi connectivity index (χ0v) is 15.9. The number of carbonyl (C=O) groups is 2. The van der Waals surface area contributed by atoms with E-state index < -0.39 is 0 Å².